The topological polar surface area (TPSA) is 121 Å². The lowest BCUT2D eigenvalue weighted by molar-refractivity contribution is -0.146. The van der Waals surface area contributed by atoms with E-state index in [1.54, 1.807) is 0 Å². The molecule has 0 fully saturated rings. The molecule has 1 atom stereocenters. The van der Waals surface area contributed by atoms with Gasteiger partial charge in [-0.1, -0.05) is 0 Å². The molecule has 8 heteroatoms. The Labute approximate surface area is 116 Å². The van der Waals surface area contributed by atoms with Crippen molar-refractivity contribution in [3.8, 4) is 0 Å². The lowest BCUT2D eigenvalue weighted by Gasteiger charge is -2.07. The molecular formula is C12H15NO6S. The maximum atomic E-state index is 11.7. The van der Waals surface area contributed by atoms with E-state index in [1.165, 1.54) is 24.3 Å². The maximum absolute atomic E-state index is 11.7. The summed E-state index contributed by atoms with van der Waals surface area (Å²) in [5.41, 5.74) is 0.252. The van der Waals surface area contributed by atoms with Crippen LogP contribution in [0.4, 0.5) is 0 Å². The minimum atomic E-state index is -3.31. The fourth-order valence-electron chi connectivity index (χ4n) is 1.40. The SMILES string of the molecule is CS(=O)(=O)c1ccc(C(=O)NCC[C@H](O)C(=O)O)cc1. The molecule has 0 radical (unpaired) electrons. The Bertz CT molecular complexity index is 593. The number of rotatable bonds is 6. The average molecular weight is 301 g/mol. The van der Waals surface area contributed by atoms with E-state index in [1.807, 2.05) is 0 Å². The molecule has 1 aromatic rings. The molecular weight excluding hydrogens is 286 g/mol. The average Bonchev–Trinajstić information content (AvgIpc) is 2.37. The molecule has 0 saturated carbocycles. The van der Waals surface area contributed by atoms with Gasteiger partial charge in [0.15, 0.2) is 15.9 Å². The second kappa shape index (κ2) is 6.49. The second-order valence-electron chi connectivity index (χ2n) is 4.20. The maximum Gasteiger partial charge on any atom is 0.332 e. The molecule has 20 heavy (non-hydrogen) atoms. The highest BCUT2D eigenvalue weighted by Gasteiger charge is 2.14. The van der Waals surface area contributed by atoms with Crippen LogP contribution in [0.25, 0.3) is 0 Å². The van der Waals surface area contributed by atoms with E-state index in [2.05, 4.69) is 5.32 Å². The summed E-state index contributed by atoms with van der Waals surface area (Å²) in [6, 6.07) is 5.35. The highest BCUT2D eigenvalue weighted by molar-refractivity contribution is 7.90. The molecule has 1 rings (SSSR count). The van der Waals surface area contributed by atoms with E-state index in [9.17, 15) is 18.0 Å². The van der Waals surface area contributed by atoms with Crippen LogP contribution in [0.5, 0.6) is 0 Å². The molecule has 0 aliphatic rings. The molecule has 0 heterocycles. The number of benzene rings is 1. The number of sulfone groups is 1. The van der Waals surface area contributed by atoms with Crippen molar-refractivity contribution >= 4 is 21.7 Å². The van der Waals surface area contributed by atoms with E-state index in [0.29, 0.717) is 0 Å². The number of hydrogen-bond acceptors (Lipinski definition) is 5. The summed E-state index contributed by atoms with van der Waals surface area (Å²) >= 11 is 0. The summed E-state index contributed by atoms with van der Waals surface area (Å²) in [6.45, 7) is 0.000127. The molecule has 1 amide bonds. The van der Waals surface area contributed by atoms with Gasteiger partial charge in [0.25, 0.3) is 5.91 Å². The van der Waals surface area contributed by atoms with Gasteiger partial charge in [-0.2, -0.15) is 0 Å². The fraction of sp³-hybridized carbons (Fsp3) is 0.333. The van der Waals surface area contributed by atoms with Crippen LogP contribution in [-0.4, -0.2) is 49.4 Å². The van der Waals surface area contributed by atoms with Crippen molar-refractivity contribution in [3.05, 3.63) is 29.8 Å². The number of carbonyl (C=O) groups is 2. The zero-order valence-corrected chi connectivity index (χ0v) is 11.6. The van der Waals surface area contributed by atoms with Gasteiger partial charge in [0, 0.05) is 24.8 Å². The Morgan fingerprint density at radius 1 is 1.25 bits per heavy atom. The summed E-state index contributed by atoms with van der Waals surface area (Å²) in [7, 11) is -3.31. The van der Waals surface area contributed by atoms with Crippen LogP contribution in [0, 0.1) is 0 Å². The van der Waals surface area contributed by atoms with E-state index in [4.69, 9.17) is 10.2 Å². The van der Waals surface area contributed by atoms with Gasteiger partial charge < -0.3 is 15.5 Å². The Kier molecular flexibility index (Phi) is 5.23. The van der Waals surface area contributed by atoms with Crippen molar-refractivity contribution in [2.45, 2.75) is 17.4 Å². The normalized spacial score (nSPS) is 12.7. The third-order valence-electron chi connectivity index (χ3n) is 2.53. The number of aliphatic carboxylic acids is 1. The van der Waals surface area contributed by atoms with Crippen molar-refractivity contribution in [1.29, 1.82) is 0 Å². The Balaban J connectivity index is 2.59. The molecule has 1 aromatic carbocycles. The van der Waals surface area contributed by atoms with Crippen molar-refractivity contribution in [2.24, 2.45) is 0 Å². The third kappa shape index (κ3) is 4.63. The summed E-state index contributed by atoms with van der Waals surface area (Å²) in [5, 5.41) is 19.9. The molecule has 0 aliphatic heterocycles. The van der Waals surface area contributed by atoms with Crippen molar-refractivity contribution in [3.63, 3.8) is 0 Å². The number of nitrogens with one attached hydrogen (secondary N) is 1. The Hall–Kier alpha value is -1.93. The van der Waals surface area contributed by atoms with E-state index in [-0.39, 0.29) is 23.4 Å². The lowest BCUT2D eigenvalue weighted by atomic mass is 10.2. The number of aliphatic hydroxyl groups excluding tert-OH is 1. The smallest absolute Gasteiger partial charge is 0.332 e. The van der Waals surface area contributed by atoms with E-state index < -0.39 is 27.8 Å². The minimum Gasteiger partial charge on any atom is -0.479 e. The van der Waals surface area contributed by atoms with Crippen LogP contribution in [-0.2, 0) is 14.6 Å². The molecule has 7 nitrogen and oxygen atoms in total. The predicted octanol–water partition coefficient (Wildman–Crippen LogP) is -0.344. The summed E-state index contributed by atoms with van der Waals surface area (Å²) in [5.74, 6) is -1.82. The van der Waals surface area contributed by atoms with Crippen molar-refractivity contribution in [1.82, 2.24) is 5.32 Å². The molecule has 0 unspecified atom stereocenters. The molecule has 0 bridgehead atoms. The standard InChI is InChI=1S/C12H15NO6S/c1-20(18,19)9-4-2-8(3-5-9)11(15)13-7-6-10(14)12(16)17/h2-5,10,14H,6-7H2,1H3,(H,13,15)(H,16,17)/t10-/m0/s1. The van der Waals surface area contributed by atoms with Crippen LogP contribution in [0.2, 0.25) is 0 Å². The van der Waals surface area contributed by atoms with Gasteiger partial charge in [-0.05, 0) is 24.3 Å². The van der Waals surface area contributed by atoms with Crippen LogP contribution < -0.4 is 5.32 Å². The molecule has 110 valence electrons. The largest absolute Gasteiger partial charge is 0.479 e. The Morgan fingerprint density at radius 2 is 1.80 bits per heavy atom. The highest BCUT2D eigenvalue weighted by Crippen LogP contribution is 2.10. The number of carboxylic acids is 1. The monoisotopic (exact) mass is 301 g/mol. The summed E-state index contributed by atoms with van der Waals surface area (Å²) < 4.78 is 22.5. The molecule has 0 aliphatic carbocycles. The van der Waals surface area contributed by atoms with Gasteiger partial charge in [0.2, 0.25) is 0 Å². The molecule has 0 aromatic heterocycles. The lowest BCUT2D eigenvalue weighted by Crippen LogP contribution is -2.30. The zero-order valence-electron chi connectivity index (χ0n) is 10.7. The van der Waals surface area contributed by atoms with Crippen LogP contribution in [0.1, 0.15) is 16.8 Å². The van der Waals surface area contributed by atoms with Crippen LogP contribution >= 0.6 is 0 Å². The van der Waals surface area contributed by atoms with Gasteiger partial charge >= 0.3 is 5.97 Å². The number of hydrogen-bond donors (Lipinski definition) is 3. The van der Waals surface area contributed by atoms with Gasteiger partial charge in [-0.3, -0.25) is 4.79 Å². The predicted molar refractivity (Wildman–Crippen MR) is 70.1 cm³/mol. The first-order chi connectivity index (χ1) is 9.21. The fourth-order valence-corrected chi connectivity index (χ4v) is 2.03. The molecule has 0 saturated heterocycles. The van der Waals surface area contributed by atoms with Gasteiger partial charge in [0.05, 0.1) is 4.90 Å². The Morgan fingerprint density at radius 3 is 2.25 bits per heavy atom. The van der Waals surface area contributed by atoms with Gasteiger partial charge in [0.1, 0.15) is 0 Å². The number of carboxylic acid groups (broad SMARTS) is 1. The third-order valence-corrected chi connectivity index (χ3v) is 3.66. The van der Waals surface area contributed by atoms with Crippen LogP contribution in [0.3, 0.4) is 0 Å². The first-order valence-corrected chi connectivity index (χ1v) is 7.60. The minimum absolute atomic E-state index is 0.000127. The van der Waals surface area contributed by atoms with E-state index in [0.717, 1.165) is 6.26 Å². The van der Waals surface area contributed by atoms with Crippen LogP contribution in [0.15, 0.2) is 29.2 Å². The summed E-state index contributed by atoms with van der Waals surface area (Å²) in [6.07, 6.45) is -0.569. The highest BCUT2D eigenvalue weighted by atomic mass is 32.2. The van der Waals surface area contributed by atoms with Gasteiger partial charge in [-0.25, -0.2) is 13.2 Å². The number of amides is 1. The quantitative estimate of drug-likeness (QED) is 0.660. The summed E-state index contributed by atoms with van der Waals surface area (Å²) in [4.78, 5) is 22.1. The zero-order chi connectivity index (χ0) is 15.3. The van der Waals surface area contributed by atoms with Gasteiger partial charge in [-0.15, -0.1) is 0 Å². The molecule has 0 spiro atoms. The van der Waals surface area contributed by atoms with E-state index >= 15 is 0 Å². The number of aliphatic hydroxyl groups is 1. The first-order valence-electron chi connectivity index (χ1n) is 5.71. The number of carbonyl (C=O) groups excluding carboxylic acids is 1. The first kappa shape index (κ1) is 16.1. The second-order valence-corrected chi connectivity index (χ2v) is 6.21. The van der Waals surface area contributed by atoms with Crippen molar-refractivity contribution < 1.29 is 28.2 Å². The van der Waals surface area contributed by atoms with Crippen molar-refractivity contribution in [2.75, 3.05) is 12.8 Å². The molecule has 3 N–H and O–H groups in total.